The third-order valence-electron chi connectivity index (χ3n) is 5.06. The van der Waals surface area contributed by atoms with Gasteiger partial charge in [0.2, 0.25) is 5.91 Å². The van der Waals surface area contributed by atoms with Crippen LogP contribution in [0.3, 0.4) is 0 Å². The monoisotopic (exact) mass is 431 g/mol. The van der Waals surface area contributed by atoms with Crippen LogP contribution in [0.2, 0.25) is 0 Å². The molecular weight excluding hydrogens is 402 g/mol. The molecule has 0 bridgehead atoms. The molecule has 0 saturated carbocycles. The van der Waals surface area contributed by atoms with Crippen molar-refractivity contribution in [1.82, 2.24) is 9.80 Å². The van der Waals surface area contributed by atoms with E-state index in [-0.39, 0.29) is 25.0 Å². The summed E-state index contributed by atoms with van der Waals surface area (Å²) in [5.41, 5.74) is 2.93. The van der Waals surface area contributed by atoms with Crippen LogP contribution >= 0.6 is 0 Å². The van der Waals surface area contributed by atoms with Crippen LogP contribution < -0.4 is 5.32 Å². The van der Waals surface area contributed by atoms with Gasteiger partial charge in [-0.05, 0) is 43.2 Å². The molecule has 32 heavy (non-hydrogen) atoms. The molecule has 1 N–H and O–H groups in total. The van der Waals surface area contributed by atoms with Gasteiger partial charge in [-0.3, -0.25) is 4.79 Å². The molecule has 0 saturated heterocycles. The van der Waals surface area contributed by atoms with E-state index in [0.717, 1.165) is 11.1 Å². The van der Waals surface area contributed by atoms with E-state index in [9.17, 15) is 9.59 Å². The molecule has 0 spiro atoms. The van der Waals surface area contributed by atoms with Crippen LogP contribution in [-0.4, -0.2) is 41.4 Å². The van der Waals surface area contributed by atoms with Crippen molar-refractivity contribution >= 4 is 17.6 Å². The first-order chi connectivity index (χ1) is 15.5. The van der Waals surface area contributed by atoms with Gasteiger partial charge in [-0.15, -0.1) is 6.58 Å². The molecule has 6 heteroatoms. The summed E-state index contributed by atoms with van der Waals surface area (Å²) in [4.78, 5) is 29.2. The first kappa shape index (κ1) is 22.9. The molecule has 3 rings (SSSR count). The molecule has 1 heterocycles. The van der Waals surface area contributed by atoms with E-state index >= 15 is 0 Å². The number of rotatable bonds is 10. The minimum absolute atomic E-state index is 0.0563. The summed E-state index contributed by atoms with van der Waals surface area (Å²) < 4.78 is 5.45. The number of aryl methyl sites for hydroxylation is 1. The molecule has 3 aromatic rings. The largest absolute Gasteiger partial charge is 0.467 e. The standard InChI is InChI=1S/C26H29N3O3/c1-3-16-29(26(31)27-23-13-11-21(2)12-14-23)20-25(30)28(19-24-10-7-18-32-24)17-15-22-8-5-4-6-9-22/h3-14,18H,1,15-17,19-20H2,2H3,(H,27,31). The number of anilines is 1. The SMILES string of the molecule is C=CCN(CC(=O)N(CCc1ccccc1)Cc1ccco1)C(=O)Nc1ccc(C)cc1. The van der Waals surface area contributed by atoms with Crippen molar-refractivity contribution in [2.24, 2.45) is 0 Å². The maximum absolute atomic E-state index is 13.2. The third-order valence-corrected chi connectivity index (χ3v) is 5.06. The predicted molar refractivity (Wildman–Crippen MR) is 126 cm³/mol. The van der Waals surface area contributed by atoms with E-state index in [1.54, 1.807) is 23.3 Å². The number of benzene rings is 2. The quantitative estimate of drug-likeness (QED) is 0.465. The third kappa shape index (κ3) is 6.87. The van der Waals surface area contributed by atoms with E-state index < -0.39 is 0 Å². The zero-order valence-corrected chi connectivity index (χ0v) is 18.4. The summed E-state index contributed by atoms with van der Waals surface area (Å²) in [7, 11) is 0. The van der Waals surface area contributed by atoms with Gasteiger partial charge in [-0.1, -0.05) is 54.1 Å². The number of nitrogens with one attached hydrogen (secondary N) is 1. The van der Waals surface area contributed by atoms with Crippen molar-refractivity contribution in [2.45, 2.75) is 19.9 Å². The average molecular weight is 432 g/mol. The summed E-state index contributed by atoms with van der Waals surface area (Å²) in [6.07, 6.45) is 3.92. The maximum atomic E-state index is 13.2. The Morgan fingerprint density at radius 2 is 1.75 bits per heavy atom. The number of furan rings is 1. The Balaban J connectivity index is 1.68. The highest BCUT2D eigenvalue weighted by atomic mass is 16.3. The Bertz CT molecular complexity index is 999. The number of amides is 3. The molecule has 1 aromatic heterocycles. The highest BCUT2D eigenvalue weighted by Gasteiger charge is 2.21. The number of nitrogens with zero attached hydrogens (tertiary/aromatic N) is 2. The van der Waals surface area contributed by atoms with Gasteiger partial charge in [0, 0.05) is 18.8 Å². The number of urea groups is 1. The lowest BCUT2D eigenvalue weighted by atomic mass is 10.1. The normalized spacial score (nSPS) is 10.4. The molecule has 6 nitrogen and oxygen atoms in total. The van der Waals surface area contributed by atoms with E-state index in [1.807, 2.05) is 67.6 Å². The number of carbonyl (C=O) groups excluding carboxylic acids is 2. The van der Waals surface area contributed by atoms with Gasteiger partial charge in [-0.25, -0.2) is 4.79 Å². The lowest BCUT2D eigenvalue weighted by Gasteiger charge is -2.27. The Labute approximate surface area is 189 Å². The number of carbonyl (C=O) groups is 2. The average Bonchev–Trinajstić information content (AvgIpc) is 3.31. The Kier molecular flexibility index (Phi) is 8.26. The predicted octanol–water partition coefficient (Wildman–Crippen LogP) is 4.88. The molecule has 166 valence electrons. The fourth-order valence-electron chi connectivity index (χ4n) is 3.27. The van der Waals surface area contributed by atoms with Crippen molar-refractivity contribution in [3.63, 3.8) is 0 Å². The van der Waals surface area contributed by atoms with Gasteiger partial charge in [0.1, 0.15) is 12.3 Å². The summed E-state index contributed by atoms with van der Waals surface area (Å²) in [6.45, 7) is 6.78. The number of hydrogen-bond donors (Lipinski definition) is 1. The van der Waals surface area contributed by atoms with Crippen LogP contribution in [0, 0.1) is 6.92 Å². The highest BCUT2D eigenvalue weighted by molar-refractivity contribution is 5.92. The fraction of sp³-hybridized carbons (Fsp3) is 0.231. The second-order valence-corrected chi connectivity index (χ2v) is 7.60. The first-order valence-electron chi connectivity index (χ1n) is 10.6. The van der Waals surface area contributed by atoms with E-state index in [2.05, 4.69) is 11.9 Å². The molecule has 0 unspecified atom stereocenters. The lowest BCUT2D eigenvalue weighted by molar-refractivity contribution is -0.132. The molecule has 0 atom stereocenters. The first-order valence-corrected chi connectivity index (χ1v) is 10.6. The lowest BCUT2D eigenvalue weighted by Crippen LogP contribution is -2.44. The van der Waals surface area contributed by atoms with Gasteiger partial charge in [0.05, 0.1) is 12.8 Å². The molecule has 3 amide bonds. The zero-order chi connectivity index (χ0) is 22.8. The zero-order valence-electron chi connectivity index (χ0n) is 18.4. The molecule has 2 aromatic carbocycles. The van der Waals surface area contributed by atoms with Crippen LogP contribution in [0.15, 0.2) is 90.1 Å². The van der Waals surface area contributed by atoms with Crippen LogP contribution in [0.25, 0.3) is 0 Å². The van der Waals surface area contributed by atoms with E-state index in [4.69, 9.17) is 4.42 Å². The summed E-state index contributed by atoms with van der Waals surface area (Å²) in [5, 5.41) is 2.85. The molecule has 0 radical (unpaired) electrons. The topological polar surface area (TPSA) is 65.8 Å². The minimum Gasteiger partial charge on any atom is -0.467 e. The van der Waals surface area contributed by atoms with Crippen LogP contribution in [0.4, 0.5) is 10.5 Å². The molecular formula is C26H29N3O3. The van der Waals surface area contributed by atoms with Crippen LogP contribution in [0.1, 0.15) is 16.9 Å². The Morgan fingerprint density at radius 1 is 1.00 bits per heavy atom. The molecule has 0 aliphatic rings. The van der Waals surface area contributed by atoms with Crippen molar-refractivity contribution in [2.75, 3.05) is 25.0 Å². The summed E-state index contributed by atoms with van der Waals surface area (Å²) >= 11 is 0. The maximum Gasteiger partial charge on any atom is 0.322 e. The molecule has 0 fully saturated rings. The van der Waals surface area contributed by atoms with Crippen molar-refractivity contribution in [1.29, 1.82) is 0 Å². The van der Waals surface area contributed by atoms with Crippen molar-refractivity contribution < 1.29 is 14.0 Å². The van der Waals surface area contributed by atoms with Crippen LogP contribution in [0.5, 0.6) is 0 Å². The van der Waals surface area contributed by atoms with Crippen molar-refractivity contribution in [3.05, 3.63) is 103 Å². The molecule has 0 aliphatic heterocycles. The Morgan fingerprint density at radius 3 is 2.41 bits per heavy atom. The van der Waals surface area contributed by atoms with Gasteiger partial charge < -0.3 is 19.5 Å². The van der Waals surface area contributed by atoms with Crippen LogP contribution in [-0.2, 0) is 17.8 Å². The van der Waals surface area contributed by atoms with Gasteiger partial charge in [-0.2, -0.15) is 0 Å². The second-order valence-electron chi connectivity index (χ2n) is 7.60. The highest BCUT2D eigenvalue weighted by Crippen LogP contribution is 2.12. The fourth-order valence-corrected chi connectivity index (χ4v) is 3.27. The van der Waals surface area contributed by atoms with Crippen molar-refractivity contribution in [3.8, 4) is 0 Å². The second kappa shape index (κ2) is 11.6. The number of hydrogen-bond acceptors (Lipinski definition) is 3. The van der Waals surface area contributed by atoms with E-state index in [1.165, 1.54) is 4.90 Å². The van der Waals surface area contributed by atoms with Gasteiger partial charge >= 0.3 is 6.03 Å². The molecule has 0 aliphatic carbocycles. The Hall–Kier alpha value is -3.80. The van der Waals surface area contributed by atoms with E-state index in [0.29, 0.717) is 31.0 Å². The van der Waals surface area contributed by atoms with Gasteiger partial charge in [0.15, 0.2) is 0 Å². The minimum atomic E-state index is -0.344. The summed E-state index contributed by atoms with van der Waals surface area (Å²) in [6, 6.07) is 20.8. The van der Waals surface area contributed by atoms with Gasteiger partial charge in [0.25, 0.3) is 0 Å². The summed E-state index contributed by atoms with van der Waals surface area (Å²) in [5.74, 6) is 0.545. The smallest absolute Gasteiger partial charge is 0.322 e.